The number of rotatable bonds is 5. The fraction of sp³-hybridized carbons (Fsp3) is 0.0333. The molecular formula is C30H23BrN+. The molecule has 0 saturated carbocycles. The fourth-order valence-corrected chi connectivity index (χ4v) is 4.33. The lowest BCUT2D eigenvalue weighted by Gasteiger charge is -2.13. The number of hydrogen-bond acceptors (Lipinski definition) is 0. The van der Waals surface area contributed by atoms with Crippen LogP contribution in [-0.2, 0) is 6.54 Å². The number of benzene rings is 4. The van der Waals surface area contributed by atoms with Crippen LogP contribution in [0.4, 0.5) is 0 Å². The van der Waals surface area contributed by atoms with E-state index in [2.05, 4.69) is 148 Å². The Kier molecular flexibility index (Phi) is 5.96. The number of hydrogen-bond donors (Lipinski definition) is 0. The predicted molar refractivity (Wildman–Crippen MR) is 136 cm³/mol. The molecule has 1 nitrogen and oxygen atoms in total. The van der Waals surface area contributed by atoms with E-state index in [0.29, 0.717) is 0 Å². The van der Waals surface area contributed by atoms with Crippen molar-refractivity contribution in [1.29, 1.82) is 0 Å². The lowest BCUT2D eigenvalue weighted by molar-refractivity contribution is -0.666. The van der Waals surface area contributed by atoms with Gasteiger partial charge in [-0.1, -0.05) is 94.8 Å². The molecule has 0 N–H and O–H groups in total. The molecule has 1 aromatic heterocycles. The van der Waals surface area contributed by atoms with Crippen molar-refractivity contribution in [2.75, 3.05) is 0 Å². The first-order chi connectivity index (χ1) is 15.8. The van der Waals surface area contributed by atoms with Crippen LogP contribution in [0.3, 0.4) is 0 Å². The Morgan fingerprint density at radius 3 is 1.44 bits per heavy atom. The van der Waals surface area contributed by atoms with Crippen LogP contribution < -0.4 is 4.57 Å². The van der Waals surface area contributed by atoms with Crippen LogP contribution in [0.15, 0.2) is 132 Å². The molecule has 32 heavy (non-hydrogen) atoms. The molecule has 0 atom stereocenters. The van der Waals surface area contributed by atoms with E-state index in [4.69, 9.17) is 0 Å². The van der Waals surface area contributed by atoms with Crippen molar-refractivity contribution in [3.63, 3.8) is 0 Å². The zero-order valence-corrected chi connectivity index (χ0v) is 19.2. The largest absolute Gasteiger partial charge is 0.213 e. The summed E-state index contributed by atoms with van der Waals surface area (Å²) in [5.41, 5.74) is 8.51. The van der Waals surface area contributed by atoms with Crippen molar-refractivity contribution in [3.8, 4) is 33.6 Å². The maximum absolute atomic E-state index is 3.56. The van der Waals surface area contributed by atoms with E-state index < -0.39 is 0 Å². The molecule has 4 aromatic carbocycles. The van der Waals surface area contributed by atoms with E-state index in [0.717, 1.165) is 11.0 Å². The number of aromatic nitrogens is 1. The number of halogens is 1. The van der Waals surface area contributed by atoms with Gasteiger partial charge in [-0.3, -0.25) is 0 Å². The highest BCUT2D eigenvalue weighted by molar-refractivity contribution is 9.10. The van der Waals surface area contributed by atoms with Gasteiger partial charge < -0.3 is 0 Å². The SMILES string of the molecule is Brc1ccc(-c2cc(-c3ccccc3)[n+](Cc3ccccc3)c(-c3ccccc3)c2)cc1. The Balaban J connectivity index is 1.78. The minimum atomic E-state index is 0.802. The van der Waals surface area contributed by atoms with Crippen molar-refractivity contribution in [2.45, 2.75) is 6.54 Å². The van der Waals surface area contributed by atoms with Gasteiger partial charge in [0.25, 0.3) is 0 Å². The molecule has 1 heterocycles. The Bertz CT molecular complexity index is 1250. The molecular weight excluding hydrogens is 454 g/mol. The third kappa shape index (κ3) is 4.42. The van der Waals surface area contributed by atoms with E-state index in [9.17, 15) is 0 Å². The van der Waals surface area contributed by atoms with Crippen LogP contribution in [0.2, 0.25) is 0 Å². The topological polar surface area (TPSA) is 3.88 Å². The highest BCUT2D eigenvalue weighted by atomic mass is 79.9. The molecule has 0 spiro atoms. The van der Waals surface area contributed by atoms with Gasteiger partial charge >= 0.3 is 0 Å². The van der Waals surface area contributed by atoms with Crippen LogP contribution in [-0.4, -0.2) is 0 Å². The molecule has 0 fully saturated rings. The van der Waals surface area contributed by atoms with Gasteiger partial charge in [0, 0.05) is 33.3 Å². The summed E-state index contributed by atoms with van der Waals surface area (Å²) in [6.07, 6.45) is 0. The first kappa shape index (κ1) is 20.4. The molecule has 0 amide bonds. The molecule has 0 unspecified atom stereocenters. The van der Waals surface area contributed by atoms with Gasteiger partial charge in [-0.15, -0.1) is 0 Å². The average Bonchev–Trinajstić information content (AvgIpc) is 2.86. The Morgan fingerprint density at radius 2 is 0.938 bits per heavy atom. The highest BCUT2D eigenvalue weighted by Gasteiger charge is 2.23. The fourth-order valence-electron chi connectivity index (χ4n) is 4.06. The summed E-state index contributed by atoms with van der Waals surface area (Å²) in [5, 5.41) is 0. The van der Waals surface area contributed by atoms with E-state index in [-0.39, 0.29) is 0 Å². The Morgan fingerprint density at radius 1 is 0.469 bits per heavy atom. The normalized spacial score (nSPS) is 10.8. The average molecular weight is 477 g/mol. The van der Waals surface area contributed by atoms with Crippen molar-refractivity contribution in [1.82, 2.24) is 0 Å². The summed E-state index contributed by atoms with van der Waals surface area (Å²) < 4.78 is 3.52. The summed E-state index contributed by atoms with van der Waals surface area (Å²) in [6, 6.07) is 45.2. The zero-order valence-electron chi connectivity index (χ0n) is 17.7. The maximum Gasteiger partial charge on any atom is 0.213 e. The van der Waals surface area contributed by atoms with Crippen molar-refractivity contribution < 1.29 is 4.57 Å². The van der Waals surface area contributed by atoms with Gasteiger partial charge in [0.1, 0.15) is 0 Å². The highest BCUT2D eigenvalue weighted by Crippen LogP contribution is 2.30. The van der Waals surface area contributed by atoms with Crippen molar-refractivity contribution in [2.24, 2.45) is 0 Å². The van der Waals surface area contributed by atoms with Crippen LogP contribution >= 0.6 is 15.9 Å². The molecule has 0 radical (unpaired) electrons. The van der Waals surface area contributed by atoms with Gasteiger partial charge in [0.05, 0.1) is 0 Å². The summed E-state index contributed by atoms with van der Waals surface area (Å²) in [6.45, 7) is 0.802. The minimum Gasteiger partial charge on any atom is -0.187 e. The summed E-state index contributed by atoms with van der Waals surface area (Å²) in [7, 11) is 0. The first-order valence-electron chi connectivity index (χ1n) is 10.8. The predicted octanol–water partition coefficient (Wildman–Crippen LogP) is 7.79. The molecule has 5 rings (SSSR count). The quantitative estimate of drug-likeness (QED) is 0.228. The molecule has 154 valence electrons. The molecule has 2 heteroatoms. The van der Waals surface area contributed by atoms with E-state index in [1.54, 1.807) is 0 Å². The number of pyridine rings is 1. The molecule has 0 bridgehead atoms. The zero-order chi connectivity index (χ0) is 21.8. The second-order valence-corrected chi connectivity index (χ2v) is 8.74. The Labute approximate surface area is 197 Å². The van der Waals surface area contributed by atoms with Gasteiger partial charge in [0.2, 0.25) is 11.4 Å². The second-order valence-electron chi connectivity index (χ2n) is 7.83. The standard InChI is InChI=1S/C30H23BrN/c31-28-18-16-24(17-19-28)27-20-29(25-12-6-2-7-13-25)32(22-23-10-4-1-5-11-23)30(21-27)26-14-8-3-9-15-26/h1-21H,22H2/q+1. The van der Waals surface area contributed by atoms with Gasteiger partial charge in [0.15, 0.2) is 6.54 Å². The van der Waals surface area contributed by atoms with E-state index in [1.165, 1.54) is 39.2 Å². The maximum atomic E-state index is 3.56. The van der Waals surface area contributed by atoms with Gasteiger partial charge in [-0.2, -0.15) is 4.57 Å². The molecule has 0 saturated heterocycles. The van der Waals surface area contributed by atoms with Gasteiger partial charge in [-0.25, -0.2) is 0 Å². The van der Waals surface area contributed by atoms with Crippen LogP contribution in [0, 0.1) is 0 Å². The van der Waals surface area contributed by atoms with Crippen molar-refractivity contribution in [3.05, 3.63) is 137 Å². The number of nitrogens with zero attached hydrogens (tertiary/aromatic N) is 1. The lowest BCUT2D eigenvalue weighted by Crippen LogP contribution is -2.39. The third-order valence-electron chi connectivity index (χ3n) is 5.67. The lowest BCUT2D eigenvalue weighted by atomic mass is 9.98. The first-order valence-corrected chi connectivity index (χ1v) is 11.6. The van der Waals surface area contributed by atoms with Crippen molar-refractivity contribution >= 4 is 15.9 Å². The molecule has 0 aliphatic carbocycles. The van der Waals surface area contributed by atoms with Crippen LogP contribution in [0.25, 0.3) is 33.6 Å². The third-order valence-corrected chi connectivity index (χ3v) is 6.19. The summed E-state index contributed by atoms with van der Waals surface area (Å²) in [4.78, 5) is 0. The van der Waals surface area contributed by atoms with Crippen LogP contribution in [0.5, 0.6) is 0 Å². The molecule has 0 aliphatic heterocycles. The Hall–Kier alpha value is -3.49. The smallest absolute Gasteiger partial charge is 0.187 e. The van der Waals surface area contributed by atoms with Crippen LogP contribution in [0.1, 0.15) is 5.56 Å². The summed E-state index contributed by atoms with van der Waals surface area (Å²) in [5.74, 6) is 0. The van der Waals surface area contributed by atoms with E-state index >= 15 is 0 Å². The van der Waals surface area contributed by atoms with Gasteiger partial charge in [-0.05, 0) is 47.5 Å². The summed E-state index contributed by atoms with van der Waals surface area (Å²) >= 11 is 3.56. The monoisotopic (exact) mass is 476 g/mol. The molecule has 0 aliphatic rings. The van der Waals surface area contributed by atoms with E-state index in [1.807, 2.05) is 0 Å². The molecule has 5 aromatic rings. The second kappa shape index (κ2) is 9.33. The minimum absolute atomic E-state index is 0.802.